The molecule has 6 rings (SSSR count). The minimum absolute atomic E-state index is 0.275. The summed E-state index contributed by atoms with van der Waals surface area (Å²) < 4.78 is 33.5. The number of carbonyl (C=O) groups is 1. The van der Waals surface area contributed by atoms with E-state index in [-0.39, 0.29) is 6.61 Å². The molecular formula is C41H40O6S. The number of aldehydes is 1. The van der Waals surface area contributed by atoms with E-state index in [4.69, 9.17) is 23.7 Å². The first-order chi connectivity index (χ1) is 23.8. The molecule has 0 saturated carbocycles. The maximum absolute atomic E-state index is 12.0. The Labute approximate surface area is 287 Å². The van der Waals surface area contributed by atoms with Crippen molar-refractivity contribution in [1.29, 1.82) is 0 Å². The van der Waals surface area contributed by atoms with Gasteiger partial charge in [0.1, 0.15) is 29.9 Å². The minimum atomic E-state index is -0.551. The quantitative estimate of drug-likeness (QED) is 0.0988. The first-order valence-electron chi connectivity index (χ1n) is 16.2. The highest BCUT2D eigenvalue weighted by atomic mass is 32.2. The third-order valence-corrected chi connectivity index (χ3v) is 9.37. The zero-order valence-electron chi connectivity index (χ0n) is 26.7. The van der Waals surface area contributed by atoms with Gasteiger partial charge in [0.15, 0.2) is 6.29 Å². The van der Waals surface area contributed by atoms with Gasteiger partial charge in [-0.3, -0.25) is 4.79 Å². The highest BCUT2D eigenvalue weighted by Gasteiger charge is 2.49. The van der Waals surface area contributed by atoms with Crippen molar-refractivity contribution in [3.8, 4) is 0 Å². The molecule has 1 heterocycles. The molecule has 5 aromatic carbocycles. The molecule has 0 aromatic heterocycles. The summed E-state index contributed by atoms with van der Waals surface area (Å²) in [6.07, 6.45) is -1.22. The third-order valence-electron chi connectivity index (χ3n) is 8.13. The van der Waals surface area contributed by atoms with Crippen LogP contribution in [0.3, 0.4) is 0 Å². The second-order valence-corrected chi connectivity index (χ2v) is 12.7. The van der Waals surface area contributed by atoms with Gasteiger partial charge in [0, 0.05) is 10.5 Å². The Morgan fingerprint density at radius 3 is 1.48 bits per heavy atom. The first-order valence-corrected chi connectivity index (χ1v) is 17.1. The molecule has 1 aliphatic heterocycles. The summed E-state index contributed by atoms with van der Waals surface area (Å²) in [5, 5.41) is 0. The summed E-state index contributed by atoms with van der Waals surface area (Å²) in [5.74, 6) is 0. The molecule has 7 heteroatoms. The number of hydrogen-bond donors (Lipinski definition) is 0. The third kappa shape index (κ3) is 9.51. The molecule has 0 amide bonds. The Morgan fingerprint density at radius 1 is 0.521 bits per heavy atom. The van der Waals surface area contributed by atoms with E-state index in [9.17, 15) is 4.79 Å². The monoisotopic (exact) mass is 660 g/mol. The maximum atomic E-state index is 12.0. The average Bonchev–Trinajstić information content (AvgIpc) is 3.15. The van der Waals surface area contributed by atoms with Crippen LogP contribution >= 0.6 is 11.8 Å². The Hall–Kier alpha value is -4.08. The number of carbonyl (C=O) groups excluding carboxylic acids is 1. The zero-order chi connectivity index (χ0) is 32.8. The number of thioether (sulfide) groups is 1. The fraction of sp³-hybridized carbons (Fsp3) is 0.244. The lowest BCUT2D eigenvalue weighted by Crippen LogP contribution is -2.60. The van der Waals surface area contributed by atoms with Crippen LogP contribution in [-0.2, 0) is 50.1 Å². The van der Waals surface area contributed by atoms with Crippen LogP contribution in [0.5, 0.6) is 0 Å². The largest absolute Gasteiger partial charge is 0.374 e. The molecule has 0 unspecified atom stereocenters. The fourth-order valence-corrected chi connectivity index (χ4v) is 6.88. The van der Waals surface area contributed by atoms with E-state index in [0.29, 0.717) is 32.0 Å². The first kappa shape index (κ1) is 33.8. The van der Waals surface area contributed by atoms with Gasteiger partial charge in [-0.05, 0) is 28.3 Å². The second-order valence-electron chi connectivity index (χ2n) is 11.6. The van der Waals surface area contributed by atoms with Gasteiger partial charge in [0.25, 0.3) is 0 Å². The minimum Gasteiger partial charge on any atom is -0.374 e. The van der Waals surface area contributed by atoms with Gasteiger partial charge >= 0.3 is 0 Å². The van der Waals surface area contributed by atoms with Crippen molar-refractivity contribution < 1.29 is 28.5 Å². The molecule has 0 aliphatic carbocycles. The highest BCUT2D eigenvalue weighted by Crippen LogP contribution is 2.39. The molecule has 1 fully saturated rings. The van der Waals surface area contributed by atoms with Crippen molar-refractivity contribution in [3.63, 3.8) is 0 Å². The summed E-state index contributed by atoms with van der Waals surface area (Å²) in [6.45, 7) is 1.79. The van der Waals surface area contributed by atoms with Crippen molar-refractivity contribution in [2.75, 3.05) is 6.61 Å². The Balaban J connectivity index is 1.34. The smallest absolute Gasteiger partial charge is 0.151 e. The number of benzene rings is 5. The van der Waals surface area contributed by atoms with E-state index in [1.807, 2.05) is 146 Å². The number of hydrogen-bond acceptors (Lipinski definition) is 7. The normalized spacial score (nSPS) is 20.7. The van der Waals surface area contributed by atoms with Gasteiger partial charge in [-0.25, -0.2) is 0 Å². The van der Waals surface area contributed by atoms with Crippen LogP contribution in [0.15, 0.2) is 150 Å². The Kier molecular flexibility index (Phi) is 12.6. The van der Waals surface area contributed by atoms with Crippen LogP contribution in [0, 0.1) is 0 Å². The zero-order valence-corrected chi connectivity index (χ0v) is 27.5. The van der Waals surface area contributed by atoms with Gasteiger partial charge in [0.2, 0.25) is 0 Å². The number of rotatable bonds is 16. The molecule has 1 saturated heterocycles. The van der Waals surface area contributed by atoms with E-state index in [1.54, 1.807) is 0 Å². The second kappa shape index (κ2) is 17.9. The topological polar surface area (TPSA) is 63.2 Å². The standard InChI is InChI=1S/C41H40O6S/c42-25-35-23-13-14-24-37(35)48-41-40(46-29-34-21-11-4-12-22-34)39(45-28-33-19-9-3-10-20-33)38(44-27-32-17-7-2-8-18-32)36(47-41)30-43-26-31-15-5-1-6-16-31/h1-25,36,38-41H,26-30H2/t36-,38-,39+,40-,41+/m1/s1. The lowest BCUT2D eigenvalue weighted by molar-refractivity contribution is -0.254. The molecule has 0 radical (unpaired) electrons. The van der Waals surface area contributed by atoms with E-state index in [1.165, 1.54) is 11.8 Å². The highest BCUT2D eigenvalue weighted by molar-refractivity contribution is 8.00. The van der Waals surface area contributed by atoms with Gasteiger partial charge in [-0.2, -0.15) is 0 Å². The van der Waals surface area contributed by atoms with Crippen molar-refractivity contribution >= 4 is 18.0 Å². The van der Waals surface area contributed by atoms with E-state index in [2.05, 4.69) is 0 Å². The predicted octanol–water partition coefficient (Wildman–Crippen LogP) is 8.29. The van der Waals surface area contributed by atoms with Gasteiger partial charge in [0.05, 0.1) is 33.0 Å². The van der Waals surface area contributed by atoms with Crippen LogP contribution in [0.2, 0.25) is 0 Å². The van der Waals surface area contributed by atoms with Gasteiger partial charge in [-0.1, -0.05) is 151 Å². The summed E-state index contributed by atoms with van der Waals surface area (Å²) in [5.41, 5.74) is 4.25. The Morgan fingerprint density at radius 2 is 0.958 bits per heavy atom. The van der Waals surface area contributed by atoms with Crippen molar-refractivity contribution in [2.45, 2.75) is 61.2 Å². The van der Waals surface area contributed by atoms with E-state index < -0.39 is 29.9 Å². The van der Waals surface area contributed by atoms with Crippen molar-refractivity contribution in [3.05, 3.63) is 173 Å². The summed E-state index contributed by atoms with van der Waals surface area (Å²) in [7, 11) is 0. The van der Waals surface area contributed by atoms with E-state index >= 15 is 0 Å². The SMILES string of the molecule is O=Cc1ccccc1S[C@@H]1O[C@H](COCc2ccccc2)[C@@H](OCc2ccccc2)[C@H](OCc2ccccc2)[C@H]1OCc1ccccc1. The molecule has 5 atom stereocenters. The molecule has 6 nitrogen and oxygen atoms in total. The van der Waals surface area contributed by atoms with Crippen molar-refractivity contribution in [2.24, 2.45) is 0 Å². The Bertz CT molecular complexity index is 1650. The van der Waals surface area contributed by atoms with Crippen LogP contribution < -0.4 is 0 Å². The summed E-state index contributed by atoms with van der Waals surface area (Å²) in [6, 6.07) is 47.9. The number of ether oxygens (including phenoxy) is 5. The lowest BCUT2D eigenvalue weighted by Gasteiger charge is -2.46. The van der Waals surface area contributed by atoms with Crippen LogP contribution in [0.1, 0.15) is 32.6 Å². The van der Waals surface area contributed by atoms with Crippen molar-refractivity contribution in [1.82, 2.24) is 0 Å². The molecule has 5 aromatic rings. The summed E-state index contributed by atoms with van der Waals surface area (Å²) >= 11 is 1.46. The maximum Gasteiger partial charge on any atom is 0.151 e. The molecule has 0 N–H and O–H groups in total. The predicted molar refractivity (Wildman–Crippen MR) is 188 cm³/mol. The molecule has 0 spiro atoms. The fourth-order valence-electron chi connectivity index (χ4n) is 5.65. The molecular weight excluding hydrogens is 621 g/mol. The molecule has 0 bridgehead atoms. The van der Waals surface area contributed by atoms with E-state index in [0.717, 1.165) is 33.4 Å². The molecule has 246 valence electrons. The summed E-state index contributed by atoms with van der Waals surface area (Å²) in [4.78, 5) is 12.9. The molecule has 48 heavy (non-hydrogen) atoms. The van der Waals surface area contributed by atoms with Gasteiger partial charge in [-0.15, -0.1) is 0 Å². The van der Waals surface area contributed by atoms with Crippen LogP contribution in [0.4, 0.5) is 0 Å². The average molecular weight is 661 g/mol. The van der Waals surface area contributed by atoms with Gasteiger partial charge < -0.3 is 23.7 Å². The lowest BCUT2D eigenvalue weighted by atomic mass is 9.98. The molecule has 1 aliphatic rings. The van der Waals surface area contributed by atoms with Crippen LogP contribution in [0.25, 0.3) is 0 Å². The van der Waals surface area contributed by atoms with Crippen LogP contribution in [-0.4, -0.2) is 42.7 Å².